The largest absolute Gasteiger partial charge is 0.476 e. The van der Waals surface area contributed by atoms with E-state index in [1.807, 2.05) is 17.5 Å². The molecule has 2 heterocycles. The third kappa shape index (κ3) is 1.95. The topological polar surface area (TPSA) is 68.0 Å². The van der Waals surface area contributed by atoms with E-state index in [9.17, 15) is 4.79 Å². The lowest BCUT2D eigenvalue weighted by molar-refractivity contribution is 0.0689. The van der Waals surface area contributed by atoms with Gasteiger partial charge in [0.1, 0.15) is 0 Å². The van der Waals surface area contributed by atoms with Gasteiger partial charge in [0.05, 0.1) is 12.2 Å². The van der Waals surface area contributed by atoms with Crippen LogP contribution in [0.4, 0.5) is 0 Å². The van der Waals surface area contributed by atoms with Crippen molar-refractivity contribution in [2.45, 2.75) is 25.3 Å². The lowest BCUT2D eigenvalue weighted by Gasteiger charge is -2.03. The highest BCUT2D eigenvalue weighted by molar-refractivity contribution is 7.09. The Hall–Kier alpha value is -1.69. The normalized spacial score (nSPS) is 15.1. The van der Waals surface area contributed by atoms with E-state index in [2.05, 4.69) is 10.3 Å². The zero-order valence-electron chi connectivity index (χ0n) is 9.04. The van der Waals surface area contributed by atoms with Crippen LogP contribution in [0.25, 0.3) is 0 Å². The Morgan fingerprint density at radius 1 is 1.59 bits per heavy atom. The molecule has 0 aromatic carbocycles. The lowest BCUT2D eigenvalue weighted by Crippen LogP contribution is -2.07. The van der Waals surface area contributed by atoms with E-state index in [4.69, 9.17) is 5.11 Å². The number of hydrogen-bond donors (Lipinski definition) is 1. The number of nitrogens with zero attached hydrogens (tertiary/aromatic N) is 3. The van der Waals surface area contributed by atoms with E-state index in [1.165, 1.54) is 0 Å². The van der Waals surface area contributed by atoms with Gasteiger partial charge in [-0.3, -0.25) is 0 Å². The molecule has 1 aliphatic carbocycles. The van der Waals surface area contributed by atoms with Crippen LogP contribution < -0.4 is 0 Å². The maximum absolute atomic E-state index is 11.1. The molecule has 0 radical (unpaired) electrons. The van der Waals surface area contributed by atoms with Crippen LogP contribution in [-0.4, -0.2) is 26.1 Å². The average molecular weight is 249 g/mol. The first-order valence-corrected chi connectivity index (χ1v) is 6.32. The minimum Gasteiger partial charge on any atom is -0.476 e. The summed E-state index contributed by atoms with van der Waals surface area (Å²) in [6.45, 7) is 0.615. The van der Waals surface area contributed by atoms with Gasteiger partial charge in [-0.25, -0.2) is 9.48 Å². The zero-order valence-corrected chi connectivity index (χ0v) is 9.85. The number of carbonyl (C=O) groups is 1. The second kappa shape index (κ2) is 3.96. The molecule has 1 aliphatic rings. The molecule has 0 amide bonds. The van der Waals surface area contributed by atoms with Crippen LogP contribution in [0.5, 0.6) is 0 Å². The molecule has 3 rings (SSSR count). The molecule has 1 saturated carbocycles. The summed E-state index contributed by atoms with van der Waals surface area (Å²) in [5.74, 6) is -0.652. The summed E-state index contributed by atoms with van der Waals surface area (Å²) in [4.78, 5) is 12.2. The maximum Gasteiger partial charge on any atom is 0.358 e. The van der Waals surface area contributed by atoms with Crippen molar-refractivity contribution in [3.63, 3.8) is 0 Å². The number of aromatic nitrogens is 3. The van der Waals surface area contributed by atoms with Crippen LogP contribution in [0, 0.1) is 0 Å². The van der Waals surface area contributed by atoms with Crippen LogP contribution in [0.3, 0.4) is 0 Å². The Balaban J connectivity index is 1.96. The van der Waals surface area contributed by atoms with Crippen molar-refractivity contribution in [3.8, 4) is 0 Å². The number of aromatic carboxylic acids is 1. The van der Waals surface area contributed by atoms with E-state index in [0.717, 1.165) is 23.4 Å². The molecule has 2 aromatic heterocycles. The highest BCUT2D eigenvalue weighted by atomic mass is 32.1. The highest BCUT2D eigenvalue weighted by Gasteiger charge is 2.33. The van der Waals surface area contributed by atoms with Gasteiger partial charge in [0.15, 0.2) is 5.69 Å². The molecule has 0 atom stereocenters. The summed E-state index contributed by atoms with van der Waals surface area (Å²) in [6.07, 6.45) is 2.08. The average Bonchev–Trinajstić information content (AvgIpc) is 2.85. The van der Waals surface area contributed by atoms with Gasteiger partial charge in [0, 0.05) is 10.8 Å². The number of thiophene rings is 1. The molecule has 88 valence electrons. The van der Waals surface area contributed by atoms with E-state index >= 15 is 0 Å². The quantitative estimate of drug-likeness (QED) is 0.899. The first-order valence-electron chi connectivity index (χ1n) is 5.45. The first-order chi connectivity index (χ1) is 8.25. The van der Waals surface area contributed by atoms with Gasteiger partial charge in [0.2, 0.25) is 0 Å². The summed E-state index contributed by atoms with van der Waals surface area (Å²) < 4.78 is 1.73. The van der Waals surface area contributed by atoms with Crippen LogP contribution in [0.2, 0.25) is 0 Å². The van der Waals surface area contributed by atoms with Crippen molar-refractivity contribution in [1.29, 1.82) is 0 Å². The second-order valence-electron chi connectivity index (χ2n) is 4.14. The molecule has 0 aliphatic heterocycles. The van der Waals surface area contributed by atoms with E-state index in [-0.39, 0.29) is 5.69 Å². The molecule has 1 fully saturated rings. The third-order valence-corrected chi connectivity index (χ3v) is 3.69. The van der Waals surface area contributed by atoms with Gasteiger partial charge in [-0.2, -0.15) is 0 Å². The van der Waals surface area contributed by atoms with E-state index in [1.54, 1.807) is 16.0 Å². The Morgan fingerprint density at radius 2 is 2.41 bits per heavy atom. The monoisotopic (exact) mass is 249 g/mol. The number of hydrogen-bond acceptors (Lipinski definition) is 4. The first kappa shape index (κ1) is 10.5. The van der Waals surface area contributed by atoms with Crippen molar-refractivity contribution in [2.75, 3.05) is 0 Å². The molecule has 0 bridgehead atoms. The van der Waals surface area contributed by atoms with Gasteiger partial charge in [0.25, 0.3) is 0 Å². The van der Waals surface area contributed by atoms with Crippen molar-refractivity contribution in [1.82, 2.24) is 15.0 Å². The maximum atomic E-state index is 11.1. The fourth-order valence-electron chi connectivity index (χ4n) is 1.90. The molecule has 6 heteroatoms. The van der Waals surface area contributed by atoms with Crippen molar-refractivity contribution in [2.24, 2.45) is 0 Å². The van der Waals surface area contributed by atoms with Gasteiger partial charge in [-0.15, -0.1) is 16.4 Å². The molecule has 0 spiro atoms. The van der Waals surface area contributed by atoms with E-state index < -0.39 is 5.97 Å². The number of carboxylic acid groups (broad SMARTS) is 1. The summed E-state index contributed by atoms with van der Waals surface area (Å²) in [7, 11) is 0. The molecular weight excluding hydrogens is 238 g/mol. The van der Waals surface area contributed by atoms with E-state index in [0.29, 0.717) is 12.5 Å². The zero-order chi connectivity index (χ0) is 11.8. The smallest absolute Gasteiger partial charge is 0.358 e. The van der Waals surface area contributed by atoms with Crippen LogP contribution >= 0.6 is 11.3 Å². The highest BCUT2D eigenvalue weighted by Crippen LogP contribution is 2.41. The molecule has 17 heavy (non-hydrogen) atoms. The van der Waals surface area contributed by atoms with Crippen molar-refractivity contribution in [3.05, 3.63) is 33.8 Å². The van der Waals surface area contributed by atoms with Gasteiger partial charge in [-0.05, 0) is 24.3 Å². The minimum absolute atomic E-state index is 0.115. The summed E-state index contributed by atoms with van der Waals surface area (Å²) >= 11 is 1.64. The minimum atomic E-state index is -0.982. The summed E-state index contributed by atoms with van der Waals surface area (Å²) in [5.41, 5.74) is 0.898. The summed E-state index contributed by atoms with van der Waals surface area (Å²) in [5, 5.41) is 18.8. The molecule has 5 nitrogen and oxygen atoms in total. The number of rotatable bonds is 4. The van der Waals surface area contributed by atoms with Crippen molar-refractivity contribution >= 4 is 17.3 Å². The standard InChI is InChI=1S/C11H11N3O2S/c15-11(16)9-10(7-3-4-7)14(13-12-9)6-8-2-1-5-17-8/h1-2,5,7H,3-4,6H2,(H,15,16). The predicted octanol–water partition coefficient (Wildman–Crippen LogP) is 1.96. The van der Waals surface area contributed by atoms with Gasteiger partial charge < -0.3 is 5.11 Å². The van der Waals surface area contributed by atoms with Gasteiger partial charge in [-0.1, -0.05) is 11.3 Å². The Morgan fingerprint density at radius 3 is 3.00 bits per heavy atom. The fourth-order valence-corrected chi connectivity index (χ4v) is 2.59. The third-order valence-electron chi connectivity index (χ3n) is 2.83. The van der Waals surface area contributed by atoms with Crippen LogP contribution in [-0.2, 0) is 6.54 Å². The Kier molecular flexibility index (Phi) is 2.44. The summed E-state index contributed by atoms with van der Waals surface area (Å²) in [6, 6.07) is 4.00. The molecule has 0 saturated heterocycles. The molecular formula is C11H11N3O2S. The fraction of sp³-hybridized carbons (Fsp3) is 0.364. The second-order valence-corrected chi connectivity index (χ2v) is 5.17. The SMILES string of the molecule is O=C(O)c1nnn(Cc2cccs2)c1C1CC1. The lowest BCUT2D eigenvalue weighted by atomic mass is 10.2. The van der Waals surface area contributed by atoms with Crippen LogP contribution in [0.1, 0.15) is 39.8 Å². The van der Waals surface area contributed by atoms with Crippen molar-refractivity contribution < 1.29 is 9.90 Å². The Labute approximate surface area is 102 Å². The van der Waals surface area contributed by atoms with Gasteiger partial charge >= 0.3 is 5.97 Å². The molecule has 1 N–H and O–H groups in total. The Bertz CT molecular complexity index is 543. The molecule has 0 unspecified atom stereocenters. The molecule has 2 aromatic rings. The van der Waals surface area contributed by atoms with Crippen LogP contribution in [0.15, 0.2) is 17.5 Å². The predicted molar refractivity (Wildman–Crippen MR) is 62.4 cm³/mol. The number of carboxylic acids is 1.